The molecule has 8 nitrogen and oxygen atoms in total. The van der Waals surface area contributed by atoms with Gasteiger partial charge in [0.1, 0.15) is 6.04 Å². The molecule has 146 valence electrons. The topological polar surface area (TPSA) is 111 Å². The van der Waals surface area contributed by atoms with Gasteiger partial charge >= 0.3 is 0 Å². The first-order valence-corrected chi connectivity index (χ1v) is 9.31. The second kappa shape index (κ2) is 8.60. The van der Waals surface area contributed by atoms with Crippen molar-refractivity contribution in [3.05, 3.63) is 34.9 Å². The van der Waals surface area contributed by atoms with Crippen LogP contribution in [0.15, 0.2) is 18.2 Å². The minimum atomic E-state index is -0.579. The lowest BCUT2D eigenvalue weighted by molar-refractivity contribution is -0.136. The van der Waals surface area contributed by atoms with Gasteiger partial charge < -0.3 is 20.6 Å². The molecule has 2 aliphatic heterocycles. The molecule has 0 radical (unpaired) electrons. The van der Waals surface area contributed by atoms with Crippen LogP contribution >= 0.6 is 0 Å². The van der Waals surface area contributed by atoms with E-state index in [1.165, 1.54) is 0 Å². The number of imide groups is 1. The number of amides is 3. The van der Waals surface area contributed by atoms with Gasteiger partial charge in [-0.05, 0) is 30.5 Å². The predicted octanol–water partition coefficient (Wildman–Crippen LogP) is -0.492. The van der Waals surface area contributed by atoms with Gasteiger partial charge in [0.05, 0.1) is 6.10 Å². The average molecular weight is 374 g/mol. The summed E-state index contributed by atoms with van der Waals surface area (Å²) in [6.07, 6.45) is 0.271. The molecular weight excluding hydrogens is 348 g/mol. The van der Waals surface area contributed by atoms with Crippen LogP contribution < -0.4 is 16.0 Å². The van der Waals surface area contributed by atoms with Crippen molar-refractivity contribution in [2.75, 3.05) is 19.6 Å². The molecule has 2 aliphatic rings. The van der Waals surface area contributed by atoms with Gasteiger partial charge in [0.25, 0.3) is 5.91 Å². The van der Waals surface area contributed by atoms with Gasteiger partial charge in [-0.15, -0.1) is 0 Å². The van der Waals surface area contributed by atoms with Crippen molar-refractivity contribution in [2.24, 2.45) is 0 Å². The molecule has 3 rings (SSSR count). The SMILES string of the molecule is CC(O)CNCCNCc1ccc2c(c1)C(=O)N(C1CCC(=O)NC1=O)C2. The van der Waals surface area contributed by atoms with E-state index < -0.39 is 6.04 Å². The van der Waals surface area contributed by atoms with Crippen molar-refractivity contribution < 1.29 is 19.5 Å². The summed E-state index contributed by atoms with van der Waals surface area (Å²) in [6.45, 7) is 4.83. The predicted molar refractivity (Wildman–Crippen MR) is 98.7 cm³/mol. The Labute approximate surface area is 158 Å². The monoisotopic (exact) mass is 374 g/mol. The lowest BCUT2D eigenvalue weighted by Crippen LogP contribution is -2.52. The number of aliphatic hydroxyl groups is 1. The summed E-state index contributed by atoms with van der Waals surface area (Å²) < 4.78 is 0. The van der Waals surface area contributed by atoms with Crippen LogP contribution in [0.5, 0.6) is 0 Å². The van der Waals surface area contributed by atoms with Crippen molar-refractivity contribution in [1.82, 2.24) is 20.9 Å². The molecule has 2 unspecified atom stereocenters. The molecule has 3 amide bonds. The van der Waals surface area contributed by atoms with E-state index in [1.807, 2.05) is 18.2 Å². The van der Waals surface area contributed by atoms with Crippen molar-refractivity contribution in [3.8, 4) is 0 Å². The first kappa shape index (κ1) is 19.5. The van der Waals surface area contributed by atoms with E-state index in [1.54, 1.807) is 11.8 Å². The third kappa shape index (κ3) is 4.71. The van der Waals surface area contributed by atoms with E-state index in [9.17, 15) is 19.5 Å². The Hall–Kier alpha value is -2.29. The van der Waals surface area contributed by atoms with Crippen molar-refractivity contribution >= 4 is 17.7 Å². The van der Waals surface area contributed by atoms with Crippen LogP contribution in [0.3, 0.4) is 0 Å². The van der Waals surface area contributed by atoms with Crippen LogP contribution in [0.4, 0.5) is 0 Å². The van der Waals surface area contributed by atoms with Crippen LogP contribution in [0.1, 0.15) is 41.3 Å². The maximum atomic E-state index is 12.8. The Bertz CT molecular complexity index is 734. The van der Waals surface area contributed by atoms with E-state index in [0.29, 0.717) is 31.6 Å². The maximum Gasteiger partial charge on any atom is 0.255 e. The largest absolute Gasteiger partial charge is 0.392 e. The van der Waals surface area contributed by atoms with E-state index in [0.717, 1.165) is 24.2 Å². The van der Waals surface area contributed by atoms with Gasteiger partial charge in [-0.3, -0.25) is 19.7 Å². The molecule has 0 saturated carbocycles. The zero-order chi connectivity index (χ0) is 19.4. The molecular formula is C19H26N4O4. The third-order valence-corrected chi connectivity index (χ3v) is 4.84. The Balaban J connectivity index is 1.55. The summed E-state index contributed by atoms with van der Waals surface area (Å²) in [5.41, 5.74) is 2.54. The molecule has 1 saturated heterocycles. The zero-order valence-electron chi connectivity index (χ0n) is 15.5. The number of carbonyl (C=O) groups excluding carboxylic acids is 3. The number of piperidine rings is 1. The number of fused-ring (bicyclic) bond motifs is 1. The van der Waals surface area contributed by atoms with Crippen LogP contribution in [0.25, 0.3) is 0 Å². The Morgan fingerprint density at radius 2 is 2.04 bits per heavy atom. The molecule has 0 aromatic heterocycles. The lowest BCUT2D eigenvalue weighted by Gasteiger charge is -2.29. The third-order valence-electron chi connectivity index (χ3n) is 4.84. The van der Waals surface area contributed by atoms with E-state index in [-0.39, 0.29) is 30.2 Å². The van der Waals surface area contributed by atoms with Gasteiger partial charge in [-0.1, -0.05) is 12.1 Å². The molecule has 27 heavy (non-hydrogen) atoms. The minimum Gasteiger partial charge on any atom is -0.392 e. The quantitative estimate of drug-likeness (QED) is 0.361. The highest BCUT2D eigenvalue weighted by molar-refractivity contribution is 6.05. The normalized spacial score (nSPS) is 20.6. The van der Waals surface area contributed by atoms with Gasteiger partial charge in [0.15, 0.2) is 0 Å². The molecule has 2 heterocycles. The van der Waals surface area contributed by atoms with Crippen molar-refractivity contribution in [2.45, 2.75) is 45.0 Å². The molecule has 0 bridgehead atoms. The van der Waals surface area contributed by atoms with Crippen molar-refractivity contribution in [3.63, 3.8) is 0 Å². The van der Waals surface area contributed by atoms with Gasteiger partial charge in [0.2, 0.25) is 11.8 Å². The number of nitrogens with zero attached hydrogens (tertiary/aromatic N) is 1. The molecule has 8 heteroatoms. The first-order chi connectivity index (χ1) is 13.0. The van der Waals surface area contributed by atoms with Gasteiger partial charge in [0, 0.05) is 44.7 Å². The molecule has 1 aromatic rings. The van der Waals surface area contributed by atoms with Crippen LogP contribution in [-0.4, -0.2) is 59.5 Å². The zero-order valence-corrected chi connectivity index (χ0v) is 15.5. The molecule has 0 aliphatic carbocycles. The Morgan fingerprint density at radius 1 is 1.26 bits per heavy atom. The highest BCUT2D eigenvalue weighted by Crippen LogP contribution is 2.28. The minimum absolute atomic E-state index is 0.153. The number of benzene rings is 1. The summed E-state index contributed by atoms with van der Waals surface area (Å²) >= 11 is 0. The Kier molecular flexibility index (Phi) is 6.20. The molecule has 4 N–H and O–H groups in total. The fourth-order valence-electron chi connectivity index (χ4n) is 3.43. The van der Waals surface area contributed by atoms with Gasteiger partial charge in [-0.25, -0.2) is 0 Å². The second-order valence-electron chi connectivity index (χ2n) is 7.12. The highest BCUT2D eigenvalue weighted by Gasteiger charge is 2.38. The summed E-state index contributed by atoms with van der Waals surface area (Å²) in [6, 6.07) is 5.21. The van der Waals surface area contributed by atoms with Gasteiger partial charge in [-0.2, -0.15) is 0 Å². The van der Waals surface area contributed by atoms with Crippen LogP contribution in [-0.2, 0) is 22.7 Å². The summed E-state index contributed by atoms with van der Waals surface area (Å²) in [4.78, 5) is 37.7. The highest BCUT2D eigenvalue weighted by atomic mass is 16.3. The summed E-state index contributed by atoms with van der Waals surface area (Å²) in [5.74, 6) is -0.823. The van der Waals surface area contributed by atoms with Crippen molar-refractivity contribution in [1.29, 1.82) is 0 Å². The summed E-state index contributed by atoms with van der Waals surface area (Å²) in [5, 5.41) is 17.9. The number of rotatable bonds is 8. The molecule has 2 atom stereocenters. The second-order valence-corrected chi connectivity index (χ2v) is 7.12. The lowest BCUT2D eigenvalue weighted by atomic mass is 10.0. The smallest absolute Gasteiger partial charge is 0.255 e. The fraction of sp³-hybridized carbons (Fsp3) is 0.526. The summed E-state index contributed by atoms with van der Waals surface area (Å²) in [7, 11) is 0. The van der Waals surface area contributed by atoms with Crippen LogP contribution in [0, 0.1) is 0 Å². The molecule has 1 aromatic carbocycles. The standard InChI is InChI=1S/C19H26N4O4/c1-12(24)9-20-6-7-21-10-13-2-3-14-11-23(19(27)15(14)8-13)16-4-5-17(25)22-18(16)26/h2-3,8,12,16,20-21,24H,4-7,9-11H2,1H3,(H,22,25,26). The van der Waals surface area contributed by atoms with E-state index >= 15 is 0 Å². The van der Waals surface area contributed by atoms with E-state index in [2.05, 4.69) is 16.0 Å². The molecule has 0 spiro atoms. The number of aliphatic hydroxyl groups excluding tert-OH is 1. The fourth-order valence-corrected chi connectivity index (χ4v) is 3.43. The average Bonchev–Trinajstić information content (AvgIpc) is 2.94. The number of hydrogen-bond acceptors (Lipinski definition) is 6. The number of hydrogen-bond donors (Lipinski definition) is 4. The number of carbonyl (C=O) groups is 3. The Morgan fingerprint density at radius 3 is 2.78 bits per heavy atom. The molecule has 1 fully saturated rings. The maximum absolute atomic E-state index is 12.8. The van der Waals surface area contributed by atoms with E-state index in [4.69, 9.17) is 0 Å². The first-order valence-electron chi connectivity index (χ1n) is 9.31. The number of nitrogens with one attached hydrogen (secondary N) is 3. The van der Waals surface area contributed by atoms with Crippen LogP contribution in [0.2, 0.25) is 0 Å².